The number of ether oxygens (including phenoxy) is 1. The minimum atomic E-state index is -0.339. The molecule has 2 unspecified atom stereocenters. The molecule has 2 N–H and O–H groups in total. The Balaban J connectivity index is 1.93. The van der Waals surface area contributed by atoms with Crippen molar-refractivity contribution < 1.29 is 9.13 Å². The van der Waals surface area contributed by atoms with Gasteiger partial charge in [0.15, 0.2) is 5.82 Å². The summed E-state index contributed by atoms with van der Waals surface area (Å²) in [7, 11) is 0. The lowest BCUT2D eigenvalue weighted by Crippen LogP contribution is -2.26. The molecule has 1 fully saturated rings. The fourth-order valence-electron chi connectivity index (χ4n) is 2.93. The Morgan fingerprint density at radius 3 is 2.56 bits per heavy atom. The first-order chi connectivity index (χ1) is 8.56. The second-order valence-electron chi connectivity index (χ2n) is 5.67. The van der Waals surface area contributed by atoms with Crippen LogP contribution in [0.2, 0.25) is 0 Å². The van der Waals surface area contributed by atoms with Crippen molar-refractivity contribution in [2.45, 2.75) is 45.8 Å². The summed E-state index contributed by atoms with van der Waals surface area (Å²) in [6.07, 6.45) is 3.68. The van der Waals surface area contributed by atoms with Crippen LogP contribution in [0.5, 0.6) is 0 Å². The number of hydrogen-bond donors (Lipinski definition) is 1. The van der Waals surface area contributed by atoms with Gasteiger partial charge in [0.1, 0.15) is 0 Å². The molecule has 3 heteroatoms. The third kappa shape index (κ3) is 3.22. The predicted molar refractivity (Wildman–Crippen MR) is 71.6 cm³/mol. The highest BCUT2D eigenvalue weighted by Gasteiger charge is 2.24. The minimum Gasteiger partial charge on any atom is -0.396 e. The highest BCUT2D eigenvalue weighted by atomic mass is 19.1. The fraction of sp³-hybridized carbons (Fsp3) is 0.600. The van der Waals surface area contributed by atoms with E-state index < -0.39 is 0 Å². The van der Waals surface area contributed by atoms with Gasteiger partial charge in [-0.15, -0.1) is 0 Å². The summed E-state index contributed by atoms with van der Waals surface area (Å²) in [6, 6.07) is 5.08. The Kier molecular flexibility index (Phi) is 4.23. The van der Waals surface area contributed by atoms with Crippen LogP contribution in [0.4, 0.5) is 10.1 Å². The Labute approximate surface area is 108 Å². The Bertz CT molecular complexity index is 397. The highest BCUT2D eigenvalue weighted by Crippen LogP contribution is 2.31. The quantitative estimate of drug-likeness (QED) is 0.830. The maximum atomic E-state index is 13.7. The fourth-order valence-corrected chi connectivity index (χ4v) is 2.93. The van der Waals surface area contributed by atoms with Gasteiger partial charge >= 0.3 is 0 Å². The summed E-state index contributed by atoms with van der Waals surface area (Å²) < 4.78 is 19.6. The third-order valence-electron chi connectivity index (χ3n) is 3.72. The molecule has 0 aliphatic heterocycles. The molecular weight excluding hydrogens is 229 g/mol. The summed E-state index contributed by atoms with van der Waals surface area (Å²) in [4.78, 5) is 0. The van der Waals surface area contributed by atoms with Gasteiger partial charge in [-0.25, -0.2) is 4.39 Å². The summed E-state index contributed by atoms with van der Waals surface area (Å²) >= 11 is 0. The van der Waals surface area contributed by atoms with E-state index in [4.69, 9.17) is 10.5 Å². The topological polar surface area (TPSA) is 35.2 Å². The van der Waals surface area contributed by atoms with E-state index in [9.17, 15) is 4.39 Å². The van der Waals surface area contributed by atoms with E-state index in [1.54, 1.807) is 18.2 Å². The van der Waals surface area contributed by atoms with E-state index in [2.05, 4.69) is 13.8 Å². The molecule has 100 valence electrons. The molecule has 0 spiro atoms. The molecule has 1 saturated carbocycles. The zero-order chi connectivity index (χ0) is 13.1. The first-order valence-electron chi connectivity index (χ1n) is 6.70. The minimum absolute atomic E-state index is 0.196. The average Bonchev–Trinajstić information content (AvgIpc) is 2.30. The van der Waals surface area contributed by atoms with Crippen molar-refractivity contribution in [2.75, 3.05) is 5.73 Å². The van der Waals surface area contributed by atoms with Gasteiger partial charge < -0.3 is 10.5 Å². The van der Waals surface area contributed by atoms with Gasteiger partial charge in [-0.3, -0.25) is 0 Å². The molecule has 1 aliphatic carbocycles. The maximum Gasteiger partial charge on any atom is 0.151 e. The van der Waals surface area contributed by atoms with Crippen LogP contribution in [0, 0.1) is 17.7 Å². The molecule has 0 saturated heterocycles. The van der Waals surface area contributed by atoms with E-state index in [0.717, 1.165) is 12.8 Å². The molecule has 2 rings (SSSR count). The van der Waals surface area contributed by atoms with Crippen LogP contribution in [0.25, 0.3) is 0 Å². The number of benzene rings is 1. The Morgan fingerprint density at radius 2 is 1.89 bits per heavy atom. The van der Waals surface area contributed by atoms with Gasteiger partial charge in [0.05, 0.1) is 18.4 Å². The Hall–Kier alpha value is -1.09. The molecule has 0 aromatic heterocycles. The van der Waals surface area contributed by atoms with Gasteiger partial charge in [0.2, 0.25) is 0 Å². The van der Waals surface area contributed by atoms with Gasteiger partial charge in [0, 0.05) is 5.56 Å². The van der Waals surface area contributed by atoms with E-state index in [0.29, 0.717) is 24.0 Å². The van der Waals surface area contributed by atoms with E-state index >= 15 is 0 Å². The van der Waals surface area contributed by atoms with E-state index in [-0.39, 0.29) is 17.6 Å². The largest absolute Gasteiger partial charge is 0.396 e. The molecule has 0 bridgehead atoms. The standard InChI is InChI=1S/C15H22FNO/c1-10-6-11(2)8-13(7-10)18-9-12-4-3-5-14(17)15(12)16/h3-5,10-11,13H,6-9,17H2,1-2H3. The monoisotopic (exact) mass is 251 g/mol. The van der Waals surface area contributed by atoms with Crippen LogP contribution in [0.1, 0.15) is 38.7 Å². The van der Waals surface area contributed by atoms with Crippen LogP contribution < -0.4 is 5.73 Å². The second kappa shape index (κ2) is 5.70. The molecule has 0 amide bonds. The van der Waals surface area contributed by atoms with Gasteiger partial charge in [0.25, 0.3) is 0 Å². The predicted octanol–water partition coefficient (Wildman–Crippen LogP) is 3.75. The van der Waals surface area contributed by atoms with E-state index in [1.165, 1.54) is 6.42 Å². The molecule has 18 heavy (non-hydrogen) atoms. The molecule has 2 atom stereocenters. The summed E-state index contributed by atoms with van der Waals surface area (Å²) in [5.41, 5.74) is 6.30. The lowest BCUT2D eigenvalue weighted by atomic mass is 9.82. The van der Waals surface area contributed by atoms with Crippen LogP contribution in [0.15, 0.2) is 18.2 Å². The molecule has 1 aromatic carbocycles. The number of rotatable bonds is 3. The van der Waals surface area contributed by atoms with Crippen molar-refractivity contribution >= 4 is 5.69 Å². The van der Waals surface area contributed by atoms with Gasteiger partial charge in [-0.2, -0.15) is 0 Å². The highest BCUT2D eigenvalue weighted by molar-refractivity contribution is 5.42. The smallest absolute Gasteiger partial charge is 0.151 e. The molecular formula is C15H22FNO. The van der Waals surface area contributed by atoms with Crippen molar-refractivity contribution in [2.24, 2.45) is 11.8 Å². The van der Waals surface area contributed by atoms with E-state index in [1.807, 2.05) is 0 Å². The normalized spacial score (nSPS) is 28.3. The first kappa shape index (κ1) is 13.3. The Morgan fingerprint density at radius 1 is 1.22 bits per heavy atom. The number of hydrogen-bond acceptors (Lipinski definition) is 2. The number of nitrogens with two attached hydrogens (primary N) is 1. The van der Waals surface area contributed by atoms with Crippen LogP contribution >= 0.6 is 0 Å². The molecule has 0 heterocycles. The van der Waals surface area contributed by atoms with Crippen molar-refractivity contribution in [3.63, 3.8) is 0 Å². The second-order valence-corrected chi connectivity index (χ2v) is 5.67. The summed E-state index contributed by atoms with van der Waals surface area (Å²) in [5, 5.41) is 0. The van der Waals surface area contributed by atoms with Crippen molar-refractivity contribution in [1.82, 2.24) is 0 Å². The van der Waals surface area contributed by atoms with Crippen LogP contribution in [-0.4, -0.2) is 6.10 Å². The lowest BCUT2D eigenvalue weighted by Gasteiger charge is -2.31. The molecule has 1 aromatic rings. The lowest BCUT2D eigenvalue weighted by molar-refractivity contribution is -0.0101. The molecule has 1 aliphatic rings. The van der Waals surface area contributed by atoms with Gasteiger partial charge in [-0.1, -0.05) is 26.0 Å². The maximum absolute atomic E-state index is 13.7. The zero-order valence-corrected chi connectivity index (χ0v) is 11.2. The van der Waals surface area contributed by atoms with Crippen molar-refractivity contribution in [1.29, 1.82) is 0 Å². The summed E-state index contributed by atoms with van der Waals surface area (Å²) in [5.74, 6) is 1.06. The van der Waals surface area contributed by atoms with Crippen molar-refractivity contribution in [3.8, 4) is 0 Å². The SMILES string of the molecule is CC1CC(C)CC(OCc2cccc(N)c2F)C1. The number of halogens is 1. The zero-order valence-electron chi connectivity index (χ0n) is 11.2. The van der Waals surface area contributed by atoms with Crippen molar-refractivity contribution in [3.05, 3.63) is 29.6 Å². The van der Waals surface area contributed by atoms with Crippen LogP contribution in [0.3, 0.4) is 0 Å². The third-order valence-corrected chi connectivity index (χ3v) is 3.72. The average molecular weight is 251 g/mol. The molecule has 2 nitrogen and oxygen atoms in total. The first-order valence-corrected chi connectivity index (χ1v) is 6.70. The van der Waals surface area contributed by atoms with Gasteiger partial charge in [-0.05, 0) is 37.2 Å². The van der Waals surface area contributed by atoms with Crippen LogP contribution in [-0.2, 0) is 11.3 Å². The number of nitrogen functional groups attached to an aromatic ring is 1. The summed E-state index contributed by atoms with van der Waals surface area (Å²) in [6.45, 7) is 4.83. The number of anilines is 1. The molecule has 0 radical (unpaired) electrons.